The van der Waals surface area contributed by atoms with Gasteiger partial charge in [-0.3, -0.25) is 0 Å². The molecule has 1 rings (SSSR count). The summed E-state index contributed by atoms with van der Waals surface area (Å²) in [4.78, 5) is 0. The molecule has 0 aliphatic heterocycles. The lowest BCUT2D eigenvalue weighted by Gasteiger charge is -2.20. The van der Waals surface area contributed by atoms with Crippen molar-refractivity contribution in [2.45, 2.75) is 38.7 Å². The third-order valence-electron chi connectivity index (χ3n) is 2.21. The van der Waals surface area contributed by atoms with Crippen LogP contribution in [0.15, 0.2) is 24.3 Å². The van der Waals surface area contributed by atoms with Crippen molar-refractivity contribution in [1.29, 1.82) is 0 Å². The van der Waals surface area contributed by atoms with Crippen molar-refractivity contribution in [3.8, 4) is 5.75 Å². The van der Waals surface area contributed by atoms with Crippen molar-refractivity contribution in [2.75, 3.05) is 0 Å². The van der Waals surface area contributed by atoms with Crippen LogP contribution in [0.25, 0.3) is 0 Å². The van der Waals surface area contributed by atoms with E-state index >= 15 is 0 Å². The van der Waals surface area contributed by atoms with Crippen molar-refractivity contribution >= 4 is 8.32 Å². The summed E-state index contributed by atoms with van der Waals surface area (Å²) in [5, 5.41) is 9.38. The monoisotopic (exact) mass is 239 g/mol. The Morgan fingerprint density at radius 3 is 2.06 bits per heavy atom. The van der Waals surface area contributed by atoms with Gasteiger partial charge < -0.3 is 15.3 Å². The molecule has 3 nitrogen and oxygen atoms in total. The predicted octanol–water partition coefficient (Wildman–Crippen LogP) is 2.28. The number of aliphatic hydroxyl groups is 1. The average molecular weight is 239 g/mol. The van der Waals surface area contributed by atoms with Crippen molar-refractivity contribution in [1.82, 2.24) is 0 Å². The molecule has 90 valence electrons. The molecule has 0 amide bonds. The van der Waals surface area contributed by atoms with E-state index in [2.05, 4.69) is 19.6 Å². The number of benzene rings is 1. The largest absolute Gasteiger partial charge is 0.544 e. The minimum atomic E-state index is -1.55. The molecular weight excluding hydrogens is 218 g/mol. The molecule has 2 atom stereocenters. The summed E-state index contributed by atoms with van der Waals surface area (Å²) in [6.07, 6.45) is -0.538. The zero-order valence-corrected chi connectivity index (χ0v) is 11.4. The van der Waals surface area contributed by atoms with Crippen LogP contribution in [-0.4, -0.2) is 19.5 Å². The zero-order chi connectivity index (χ0) is 12.3. The molecule has 0 saturated carbocycles. The van der Waals surface area contributed by atoms with Crippen molar-refractivity contribution in [3.63, 3.8) is 0 Å². The van der Waals surface area contributed by atoms with Gasteiger partial charge in [0.15, 0.2) is 0 Å². The van der Waals surface area contributed by atoms with Gasteiger partial charge in [-0.2, -0.15) is 0 Å². The Morgan fingerprint density at radius 2 is 1.69 bits per heavy atom. The third kappa shape index (κ3) is 3.96. The van der Waals surface area contributed by atoms with Gasteiger partial charge in [0.05, 0.1) is 12.1 Å². The Bertz CT molecular complexity index is 330. The van der Waals surface area contributed by atoms with Crippen LogP contribution >= 0.6 is 0 Å². The number of hydrogen-bond donors (Lipinski definition) is 2. The van der Waals surface area contributed by atoms with Crippen LogP contribution < -0.4 is 10.2 Å². The number of hydrogen-bond acceptors (Lipinski definition) is 3. The summed E-state index contributed by atoms with van der Waals surface area (Å²) < 4.78 is 5.83. The van der Waals surface area contributed by atoms with E-state index in [4.69, 9.17) is 10.2 Å². The molecule has 0 aromatic heterocycles. The molecule has 0 fully saturated rings. The highest BCUT2D eigenvalue weighted by molar-refractivity contribution is 6.70. The van der Waals surface area contributed by atoms with Gasteiger partial charge in [-0.25, -0.2) is 0 Å². The summed E-state index contributed by atoms with van der Waals surface area (Å²) in [6.45, 7) is 8.12. The normalized spacial score (nSPS) is 15.6. The molecule has 0 spiro atoms. The molecule has 1 aromatic rings. The van der Waals surface area contributed by atoms with E-state index in [9.17, 15) is 5.11 Å². The number of aliphatic hydroxyl groups excluding tert-OH is 1. The van der Waals surface area contributed by atoms with Crippen LogP contribution in [0.1, 0.15) is 18.5 Å². The van der Waals surface area contributed by atoms with Crippen molar-refractivity contribution in [2.24, 2.45) is 5.73 Å². The van der Waals surface area contributed by atoms with Gasteiger partial charge in [-0.1, -0.05) is 12.1 Å². The average Bonchev–Trinajstić information content (AvgIpc) is 2.15. The Kier molecular flexibility index (Phi) is 4.13. The maximum absolute atomic E-state index is 9.38. The molecule has 0 unspecified atom stereocenters. The molecule has 0 aliphatic rings. The van der Waals surface area contributed by atoms with Gasteiger partial charge in [0.2, 0.25) is 8.32 Å². The first-order chi connectivity index (χ1) is 7.29. The van der Waals surface area contributed by atoms with E-state index in [1.54, 1.807) is 6.92 Å². The first-order valence-corrected chi connectivity index (χ1v) is 8.93. The van der Waals surface area contributed by atoms with E-state index in [0.29, 0.717) is 0 Å². The fraction of sp³-hybridized carbons (Fsp3) is 0.500. The quantitative estimate of drug-likeness (QED) is 0.793. The highest BCUT2D eigenvalue weighted by Gasteiger charge is 2.17. The van der Waals surface area contributed by atoms with E-state index in [-0.39, 0.29) is 6.04 Å². The fourth-order valence-electron chi connectivity index (χ4n) is 1.39. The molecule has 0 aliphatic carbocycles. The number of rotatable bonds is 4. The van der Waals surface area contributed by atoms with Crippen LogP contribution in [0.2, 0.25) is 19.6 Å². The van der Waals surface area contributed by atoms with Crippen LogP contribution in [0.3, 0.4) is 0 Å². The maximum Gasteiger partial charge on any atom is 0.242 e. The fourth-order valence-corrected chi connectivity index (χ4v) is 2.23. The SMILES string of the molecule is C[C@H](O)[C@H](N)c1ccc(O[Si](C)(C)C)cc1. The molecule has 16 heavy (non-hydrogen) atoms. The van der Waals surface area contributed by atoms with Crippen LogP contribution in [0, 0.1) is 0 Å². The molecule has 0 bridgehead atoms. The van der Waals surface area contributed by atoms with E-state index < -0.39 is 14.4 Å². The summed E-state index contributed by atoms with van der Waals surface area (Å²) in [5.74, 6) is 0.876. The van der Waals surface area contributed by atoms with E-state index in [1.807, 2.05) is 24.3 Å². The maximum atomic E-state index is 9.38. The van der Waals surface area contributed by atoms with Crippen molar-refractivity contribution < 1.29 is 9.53 Å². The minimum absolute atomic E-state index is 0.332. The lowest BCUT2D eigenvalue weighted by molar-refractivity contribution is 0.164. The summed E-state index contributed by atoms with van der Waals surface area (Å²) in [7, 11) is -1.55. The molecule has 4 heteroatoms. The second kappa shape index (κ2) is 4.99. The van der Waals surface area contributed by atoms with Crippen LogP contribution in [0.5, 0.6) is 5.75 Å². The standard InChI is InChI=1S/C12H21NO2Si/c1-9(14)12(13)10-5-7-11(8-6-10)15-16(2,3)4/h5-9,12,14H,13H2,1-4H3/t9-,12-/m0/s1. The highest BCUT2D eigenvalue weighted by atomic mass is 28.4. The summed E-state index contributed by atoms with van der Waals surface area (Å²) in [5.41, 5.74) is 6.76. The molecule has 0 saturated heterocycles. The topological polar surface area (TPSA) is 55.5 Å². The molecule has 1 aromatic carbocycles. The van der Waals surface area contributed by atoms with Gasteiger partial charge in [-0.15, -0.1) is 0 Å². The summed E-state index contributed by atoms with van der Waals surface area (Å²) >= 11 is 0. The van der Waals surface area contributed by atoms with Gasteiger partial charge in [0.25, 0.3) is 0 Å². The smallest absolute Gasteiger partial charge is 0.242 e. The Hall–Kier alpha value is -0.843. The second-order valence-electron chi connectivity index (χ2n) is 5.05. The molecule has 0 radical (unpaired) electrons. The second-order valence-corrected chi connectivity index (χ2v) is 9.48. The summed E-state index contributed by atoms with van der Waals surface area (Å²) in [6, 6.07) is 7.31. The van der Waals surface area contributed by atoms with Crippen LogP contribution in [0.4, 0.5) is 0 Å². The Labute approximate surface area is 98.4 Å². The van der Waals surface area contributed by atoms with Gasteiger partial charge in [-0.05, 0) is 44.3 Å². The van der Waals surface area contributed by atoms with Crippen molar-refractivity contribution in [3.05, 3.63) is 29.8 Å². The third-order valence-corrected chi connectivity index (χ3v) is 3.06. The molecule has 0 heterocycles. The van der Waals surface area contributed by atoms with Gasteiger partial charge in [0.1, 0.15) is 5.75 Å². The minimum Gasteiger partial charge on any atom is -0.544 e. The first-order valence-electron chi connectivity index (χ1n) is 5.52. The molecule has 3 N–H and O–H groups in total. The lowest BCUT2D eigenvalue weighted by Crippen LogP contribution is -2.29. The van der Waals surface area contributed by atoms with Gasteiger partial charge in [0, 0.05) is 0 Å². The molecular formula is C12H21NO2Si. The zero-order valence-electron chi connectivity index (χ0n) is 10.4. The first kappa shape index (κ1) is 13.2. The van der Waals surface area contributed by atoms with E-state index in [0.717, 1.165) is 11.3 Å². The highest BCUT2D eigenvalue weighted by Crippen LogP contribution is 2.20. The van der Waals surface area contributed by atoms with E-state index in [1.165, 1.54) is 0 Å². The number of nitrogens with two attached hydrogens (primary N) is 1. The van der Waals surface area contributed by atoms with Gasteiger partial charge >= 0.3 is 0 Å². The Balaban J connectivity index is 2.76. The Morgan fingerprint density at radius 1 is 1.19 bits per heavy atom. The lowest BCUT2D eigenvalue weighted by atomic mass is 10.0. The van der Waals surface area contributed by atoms with Crippen LogP contribution in [-0.2, 0) is 0 Å². The predicted molar refractivity (Wildman–Crippen MR) is 69.0 cm³/mol.